The molecule has 0 radical (unpaired) electrons. The fourth-order valence-electron chi connectivity index (χ4n) is 16.4. The molecular formula is C73H126N2O53. The lowest BCUT2D eigenvalue weighted by Crippen LogP contribution is -2.69. The number of aliphatic hydroxyl groups excluding tert-OH is 29. The van der Waals surface area contributed by atoms with E-state index in [0.29, 0.717) is 0 Å². The van der Waals surface area contributed by atoms with Crippen LogP contribution in [-0.2, 0) is 104 Å². The molecule has 0 aromatic rings. The molecule has 0 aromatic heterocycles. The zero-order valence-electron chi connectivity index (χ0n) is 68.8. The minimum atomic E-state index is -2.98. The average Bonchev–Trinajstić information content (AvgIpc) is 1.23. The summed E-state index contributed by atoms with van der Waals surface area (Å²) in [5, 5.41) is 331. The highest BCUT2D eigenvalue weighted by atomic mass is 16.8. The summed E-state index contributed by atoms with van der Waals surface area (Å²) in [6, 6.07) is -1.25. The highest BCUT2D eigenvalue weighted by Gasteiger charge is 2.64. The summed E-state index contributed by atoms with van der Waals surface area (Å²) in [5.41, 5.74) is 0. The van der Waals surface area contributed by atoms with Crippen LogP contribution in [0.1, 0.15) is 54.4 Å². The molecule has 0 aliphatic carbocycles. The number of carbonyl (C=O) groups is 4. The largest absolute Gasteiger partial charge is 0.477 e. The van der Waals surface area contributed by atoms with Crippen LogP contribution in [0.2, 0.25) is 0 Å². The third-order valence-electron chi connectivity index (χ3n) is 24.0. The zero-order chi connectivity index (χ0) is 94.4. The van der Waals surface area contributed by atoms with Crippen LogP contribution >= 0.6 is 0 Å². The van der Waals surface area contributed by atoms with Crippen molar-refractivity contribution in [1.82, 2.24) is 10.6 Å². The number of carbonyl (C=O) groups excluding carboxylic acids is 2. The van der Waals surface area contributed by atoms with E-state index in [4.69, 9.17) is 85.3 Å². The smallest absolute Gasteiger partial charge is 0.364 e. The summed E-state index contributed by atoms with van der Waals surface area (Å²) in [6.07, 6.45) is -81.8. The predicted octanol–water partition coefficient (Wildman–Crippen LogP) is -19.6. The van der Waals surface area contributed by atoms with Crippen LogP contribution in [0.15, 0.2) is 0 Å². The second-order valence-electron chi connectivity index (χ2n) is 32.7. The van der Waals surface area contributed by atoms with Crippen molar-refractivity contribution in [1.29, 1.82) is 0 Å². The molecule has 10 heterocycles. The summed E-state index contributed by atoms with van der Waals surface area (Å²) in [4.78, 5) is 50.5. The Morgan fingerprint density at radius 1 is 0.383 bits per heavy atom. The number of aliphatic carboxylic acids is 2. The normalized spacial score (nSPS) is 47.5. The van der Waals surface area contributed by atoms with Crippen LogP contribution in [-0.4, -0.2) is 549 Å². The Bertz CT molecular complexity index is 3410. The maximum absolute atomic E-state index is 12.8. The molecule has 22 unspecified atom stereocenters. The van der Waals surface area contributed by atoms with Gasteiger partial charge in [0.2, 0.25) is 5.91 Å². The minimum Gasteiger partial charge on any atom is -0.477 e. The van der Waals surface area contributed by atoms with Crippen molar-refractivity contribution in [3.05, 3.63) is 0 Å². The maximum atomic E-state index is 12.8. The number of nitrogens with one attached hydrogen (secondary N) is 2. The highest BCUT2D eigenvalue weighted by Crippen LogP contribution is 2.44. The van der Waals surface area contributed by atoms with Gasteiger partial charge in [0.15, 0.2) is 43.8 Å². The number of amides is 2. The van der Waals surface area contributed by atoms with Gasteiger partial charge in [-0.05, 0) is 6.92 Å². The number of carboxylic acid groups (broad SMARTS) is 2. The van der Waals surface area contributed by atoms with Gasteiger partial charge >= 0.3 is 11.9 Å². The summed E-state index contributed by atoms with van der Waals surface area (Å²) in [6.45, 7) is -3.47. The van der Waals surface area contributed by atoms with Crippen molar-refractivity contribution in [3.63, 3.8) is 0 Å². The molecule has 746 valence electrons. The van der Waals surface area contributed by atoms with Gasteiger partial charge in [-0.25, -0.2) is 9.59 Å². The van der Waals surface area contributed by atoms with Crippen LogP contribution in [0, 0.1) is 11.8 Å². The molecule has 10 fully saturated rings. The molecule has 10 aliphatic heterocycles. The monoisotopic (exact) mass is 1880 g/mol. The average molecular weight is 1880 g/mol. The van der Waals surface area contributed by atoms with Crippen LogP contribution in [0.3, 0.4) is 0 Å². The van der Waals surface area contributed by atoms with E-state index in [2.05, 4.69) is 10.6 Å². The number of aliphatic hydroxyl groups is 29. The number of hydrogen-bond acceptors (Lipinski definition) is 51. The first-order chi connectivity index (χ1) is 59.8. The molecule has 33 N–H and O–H groups in total. The van der Waals surface area contributed by atoms with E-state index in [-0.39, 0.29) is 13.8 Å². The number of hydrogen-bond donors (Lipinski definition) is 33. The van der Waals surface area contributed by atoms with Crippen molar-refractivity contribution < 1.29 is 263 Å². The second-order valence-corrected chi connectivity index (χ2v) is 32.7. The molecule has 55 nitrogen and oxygen atoms in total. The van der Waals surface area contributed by atoms with Gasteiger partial charge < -0.3 is 254 Å². The van der Waals surface area contributed by atoms with Crippen molar-refractivity contribution >= 4 is 23.8 Å². The van der Waals surface area contributed by atoms with Gasteiger partial charge in [-0.2, -0.15) is 0 Å². The van der Waals surface area contributed by atoms with E-state index < -0.39 is 408 Å². The Morgan fingerprint density at radius 2 is 0.734 bits per heavy atom. The molecule has 0 spiro atoms. The first-order valence-electron chi connectivity index (χ1n) is 40.7. The lowest BCUT2D eigenvalue weighted by molar-refractivity contribution is -0.383. The molecule has 10 aliphatic rings. The van der Waals surface area contributed by atoms with Crippen molar-refractivity contribution in [2.45, 2.75) is 348 Å². The van der Waals surface area contributed by atoms with Gasteiger partial charge in [-0.3, -0.25) is 9.59 Å². The van der Waals surface area contributed by atoms with Gasteiger partial charge in [-0.15, -0.1) is 0 Å². The van der Waals surface area contributed by atoms with E-state index in [1.54, 1.807) is 0 Å². The Labute approximate surface area is 727 Å². The van der Waals surface area contributed by atoms with E-state index in [1.165, 1.54) is 27.8 Å². The molecule has 2 amide bonds. The summed E-state index contributed by atoms with van der Waals surface area (Å²) in [7, 11) is 1.21. The Balaban J connectivity index is 0.000000314. The number of carboxylic acids is 2. The SMILES string of the molecule is C.CC(=O)NC1[C@H](C)OC(CO[C@@H]2OC(CO)[C@@H](O[C@@H]3OC(CO)[C@H](O)[C@H](O)C3O)[C@H](O)C2O)[C@@H](O[C@@H]2OC(CO)[C@H](O)[C@H](OC3(C(=O)O)CC(O)[C@@H](C)[C@H]([C@H](O)[C@H](O)CO)O3)C2O)[C@@H]1O.CNC(=O)C1OC(CO[C@@H]2OC(CO)[C@@H](O[C@@H]3OC(CO)[C@H](O)CC3O)[C@H](O)C2O)C(O[C@@H]2OC(CO)[C@H](O)[C@H](OC3(C(=O)O)CC(O)[C@@H](C)[C@H]([C@H](O)[C@H](O)CO)O3)C2O)C1O. The Morgan fingerprint density at radius 3 is 1.12 bits per heavy atom. The Kier molecular flexibility index (Phi) is 40.3. The number of ether oxygens (including phenoxy) is 18. The number of rotatable bonds is 34. The summed E-state index contributed by atoms with van der Waals surface area (Å²) in [5.74, 6) is -13.4. The van der Waals surface area contributed by atoms with Crippen LogP contribution in [0.4, 0.5) is 0 Å². The molecule has 0 saturated carbocycles. The van der Waals surface area contributed by atoms with Crippen LogP contribution in [0.5, 0.6) is 0 Å². The van der Waals surface area contributed by atoms with Crippen molar-refractivity contribution in [3.8, 4) is 0 Å². The van der Waals surface area contributed by atoms with Crippen LogP contribution in [0.25, 0.3) is 0 Å². The molecule has 50 atom stereocenters. The quantitative estimate of drug-likeness (QED) is 0.0284. The van der Waals surface area contributed by atoms with Gasteiger partial charge in [0.25, 0.3) is 17.5 Å². The Hall–Kier alpha value is -4.00. The first kappa shape index (κ1) is 109. The molecule has 55 heteroatoms. The standard InChI is InChI=1S/C37H63NO27.C35H59NO26.CH4/c1-10-13(44)4-37(36(55)56,64-29(10)20(46)14(45)5-39)65-32-22(48)16(7-41)60-35(28(32)54)63-31-18(58-11(2)19(23(31)49)38-12(3)43)9-57-33-27(53)25(51)30(17(8-42)61-33)62-34-26(52)24(50)21(47)15(6-40)59-34;1-10-13(43)4-35(34(52)53,61-25(10)19(45)14(44)5-37)62-28-20(46)16(7-39)57-33(24(28)50)60-27-18(55-29(23(27)49)30(51)36-2)9-54-32-22(48)21(47)26(17(8-40)58-32)59-31-12(42)3-11(41)15(6-38)56-31;/h10-11,13-35,39-42,44-54H,4-9H2,1-3H3,(H,38,43)(H,55,56);10-29,31-33,37-50H,3-9H2,1-2H3,(H,36,51)(H,52,53);1H4/t10-,11+,13?,14-,15?,16?,17?,18?,19?,20-,21+,22+,23-,24+,25-,26?,27?,28?,29-,30-,31-,32+,33-,34+,35+,37?;10-,11-,12?,13?,14-,15?,16?,17?,18?,19-,20+,21-,22?,23?,24?,25-,26-,27?,28+,29?,31+,32-,33+,35?;/m11./s1. The predicted molar refractivity (Wildman–Crippen MR) is 400 cm³/mol. The summed E-state index contributed by atoms with van der Waals surface area (Å²) < 4.78 is 102. The fraction of sp³-hybridized carbons (Fsp3) is 0.945. The molecule has 10 saturated heterocycles. The lowest BCUT2D eigenvalue weighted by atomic mass is 9.84. The van der Waals surface area contributed by atoms with E-state index in [0.717, 1.165) is 6.92 Å². The van der Waals surface area contributed by atoms with Gasteiger partial charge in [0.1, 0.15) is 195 Å². The van der Waals surface area contributed by atoms with Gasteiger partial charge in [0.05, 0.1) is 109 Å². The van der Waals surface area contributed by atoms with Crippen LogP contribution < -0.4 is 10.6 Å². The second kappa shape index (κ2) is 47.2. The lowest BCUT2D eigenvalue weighted by Gasteiger charge is -2.50. The topological polar surface area (TPSA) is 886 Å². The number of likely N-dealkylation sites (N-methyl/N-ethyl adjacent to an activating group) is 1. The van der Waals surface area contributed by atoms with E-state index >= 15 is 0 Å². The third kappa shape index (κ3) is 23.8. The molecule has 10 rings (SSSR count). The zero-order valence-corrected chi connectivity index (χ0v) is 68.8. The van der Waals surface area contributed by atoms with Crippen molar-refractivity contribution in [2.24, 2.45) is 11.8 Å². The maximum Gasteiger partial charge on any atom is 0.364 e. The van der Waals surface area contributed by atoms with Crippen molar-refractivity contribution in [2.75, 3.05) is 73.1 Å². The molecule has 0 bridgehead atoms. The molecular weight excluding hydrogens is 1750 g/mol. The molecule has 128 heavy (non-hydrogen) atoms. The van der Waals surface area contributed by atoms with Gasteiger partial charge in [-0.1, -0.05) is 21.3 Å². The van der Waals surface area contributed by atoms with E-state index in [1.807, 2.05) is 0 Å². The van der Waals surface area contributed by atoms with E-state index in [9.17, 15) is 177 Å². The molecule has 0 aromatic carbocycles. The summed E-state index contributed by atoms with van der Waals surface area (Å²) >= 11 is 0. The highest BCUT2D eigenvalue weighted by molar-refractivity contribution is 5.81. The minimum absolute atomic E-state index is 0. The first-order valence-corrected chi connectivity index (χ1v) is 40.7. The van der Waals surface area contributed by atoms with Gasteiger partial charge in [0, 0.05) is 45.1 Å². The third-order valence-corrected chi connectivity index (χ3v) is 24.0. The fourth-order valence-corrected chi connectivity index (χ4v) is 16.4.